The summed E-state index contributed by atoms with van der Waals surface area (Å²) in [6.07, 6.45) is 5.90. The standard InChI is InChI=1S/C15H27N3O2/c1-10(11-5-3-6-12(16)9-11)15(20)18-8-4-7-13(18)14(19)17-2/h10-13H,3-9,16H2,1-2H3,(H,17,19). The lowest BCUT2D eigenvalue weighted by Gasteiger charge is -2.34. The quantitative estimate of drug-likeness (QED) is 0.806. The van der Waals surface area contributed by atoms with Crippen LogP contribution in [0.25, 0.3) is 0 Å². The summed E-state index contributed by atoms with van der Waals surface area (Å²) in [4.78, 5) is 26.3. The predicted molar refractivity (Wildman–Crippen MR) is 77.9 cm³/mol. The van der Waals surface area contributed by atoms with Crippen LogP contribution in [0.4, 0.5) is 0 Å². The number of hydrogen-bond acceptors (Lipinski definition) is 3. The second-order valence-electron chi connectivity index (χ2n) is 6.28. The van der Waals surface area contributed by atoms with Gasteiger partial charge in [-0.25, -0.2) is 0 Å². The molecule has 5 heteroatoms. The Morgan fingerprint density at radius 3 is 2.65 bits per heavy atom. The summed E-state index contributed by atoms with van der Waals surface area (Å²) in [5.41, 5.74) is 6.02. The van der Waals surface area contributed by atoms with Gasteiger partial charge in [-0.2, -0.15) is 0 Å². The highest BCUT2D eigenvalue weighted by molar-refractivity contribution is 5.89. The van der Waals surface area contributed by atoms with E-state index in [0.29, 0.717) is 12.5 Å². The van der Waals surface area contributed by atoms with Gasteiger partial charge in [-0.15, -0.1) is 0 Å². The van der Waals surface area contributed by atoms with Gasteiger partial charge in [-0.1, -0.05) is 13.3 Å². The third-order valence-electron chi connectivity index (χ3n) is 4.94. The number of likely N-dealkylation sites (tertiary alicyclic amines) is 1. The zero-order chi connectivity index (χ0) is 14.7. The lowest BCUT2D eigenvalue weighted by Crippen LogP contribution is -2.48. The van der Waals surface area contributed by atoms with Crippen LogP contribution in [0.1, 0.15) is 45.4 Å². The molecule has 2 amide bonds. The molecule has 1 heterocycles. The van der Waals surface area contributed by atoms with Gasteiger partial charge in [0.05, 0.1) is 0 Å². The van der Waals surface area contributed by atoms with Crippen molar-refractivity contribution in [1.82, 2.24) is 10.2 Å². The molecule has 2 aliphatic rings. The van der Waals surface area contributed by atoms with Crippen LogP contribution < -0.4 is 11.1 Å². The number of rotatable bonds is 3. The van der Waals surface area contributed by atoms with Crippen LogP contribution in [-0.4, -0.2) is 42.4 Å². The largest absolute Gasteiger partial charge is 0.357 e. The first-order valence-corrected chi connectivity index (χ1v) is 7.82. The summed E-state index contributed by atoms with van der Waals surface area (Å²) in [5, 5.41) is 2.66. The van der Waals surface area contributed by atoms with E-state index in [1.807, 2.05) is 6.92 Å². The number of likely N-dealkylation sites (N-methyl/N-ethyl adjacent to an activating group) is 1. The molecule has 1 aliphatic heterocycles. The second kappa shape index (κ2) is 6.57. The molecule has 2 rings (SSSR count). The van der Waals surface area contributed by atoms with Crippen LogP contribution >= 0.6 is 0 Å². The minimum Gasteiger partial charge on any atom is -0.357 e. The van der Waals surface area contributed by atoms with Crippen molar-refractivity contribution in [2.45, 2.75) is 57.5 Å². The fraction of sp³-hybridized carbons (Fsp3) is 0.867. The number of hydrogen-bond donors (Lipinski definition) is 2. The highest BCUT2D eigenvalue weighted by atomic mass is 16.2. The molecule has 2 fully saturated rings. The Bertz CT molecular complexity index is 372. The number of amides is 2. The summed E-state index contributed by atoms with van der Waals surface area (Å²) in [6.45, 7) is 2.71. The Morgan fingerprint density at radius 1 is 1.25 bits per heavy atom. The van der Waals surface area contributed by atoms with E-state index in [4.69, 9.17) is 5.73 Å². The van der Waals surface area contributed by atoms with E-state index in [0.717, 1.165) is 38.5 Å². The Hall–Kier alpha value is -1.10. The number of carbonyl (C=O) groups is 2. The molecule has 1 saturated heterocycles. The zero-order valence-corrected chi connectivity index (χ0v) is 12.6. The fourth-order valence-corrected chi connectivity index (χ4v) is 3.65. The Labute approximate surface area is 121 Å². The maximum Gasteiger partial charge on any atom is 0.242 e. The Kier molecular flexibility index (Phi) is 5.02. The molecule has 4 unspecified atom stereocenters. The van der Waals surface area contributed by atoms with Gasteiger partial charge < -0.3 is 16.0 Å². The van der Waals surface area contributed by atoms with Crippen molar-refractivity contribution in [2.75, 3.05) is 13.6 Å². The average molecular weight is 281 g/mol. The van der Waals surface area contributed by atoms with Crippen LogP contribution in [0, 0.1) is 11.8 Å². The molecular weight excluding hydrogens is 254 g/mol. The van der Waals surface area contributed by atoms with E-state index in [1.165, 1.54) is 0 Å². The normalized spacial score (nSPS) is 31.9. The van der Waals surface area contributed by atoms with Gasteiger partial charge in [0, 0.05) is 25.6 Å². The monoisotopic (exact) mass is 281 g/mol. The SMILES string of the molecule is CNC(=O)C1CCCN1C(=O)C(C)C1CCCC(N)C1. The molecule has 0 aromatic rings. The molecule has 0 spiro atoms. The molecule has 1 saturated carbocycles. The van der Waals surface area contributed by atoms with Crippen LogP contribution in [0.2, 0.25) is 0 Å². The maximum atomic E-state index is 12.7. The summed E-state index contributed by atoms with van der Waals surface area (Å²) in [7, 11) is 1.63. The van der Waals surface area contributed by atoms with E-state index in [2.05, 4.69) is 5.32 Å². The Morgan fingerprint density at radius 2 is 2.00 bits per heavy atom. The average Bonchev–Trinajstić information content (AvgIpc) is 2.94. The first-order valence-electron chi connectivity index (χ1n) is 7.82. The van der Waals surface area contributed by atoms with E-state index < -0.39 is 0 Å². The van der Waals surface area contributed by atoms with Gasteiger partial charge in [-0.3, -0.25) is 9.59 Å². The zero-order valence-electron chi connectivity index (χ0n) is 12.6. The fourth-order valence-electron chi connectivity index (χ4n) is 3.65. The van der Waals surface area contributed by atoms with Crippen LogP contribution in [0.15, 0.2) is 0 Å². The predicted octanol–water partition coefficient (Wildman–Crippen LogP) is 0.877. The molecule has 0 radical (unpaired) electrons. The molecule has 0 aromatic heterocycles. The van der Waals surface area contributed by atoms with Gasteiger partial charge in [0.2, 0.25) is 11.8 Å². The first-order chi connectivity index (χ1) is 9.54. The van der Waals surface area contributed by atoms with Crippen molar-refractivity contribution in [1.29, 1.82) is 0 Å². The summed E-state index contributed by atoms with van der Waals surface area (Å²) < 4.78 is 0. The smallest absolute Gasteiger partial charge is 0.242 e. The van der Waals surface area contributed by atoms with Crippen molar-refractivity contribution < 1.29 is 9.59 Å². The van der Waals surface area contributed by atoms with Crippen molar-refractivity contribution >= 4 is 11.8 Å². The Balaban J connectivity index is 2.00. The van der Waals surface area contributed by atoms with Crippen LogP contribution in [0.5, 0.6) is 0 Å². The minimum atomic E-state index is -0.271. The van der Waals surface area contributed by atoms with Crippen LogP contribution in [-0.2, 0) is 9.59 Å². The van der Waals surface area contributed by atoms with E-state index >= 15 is 0 Å². The minimum absolute atomic E-state index is 0.0217. The van der Waals surface area contributed by atoms with Gasteiger partial charge in [0.15, 0.2) is 0 Å². The molecule has 4 atom stereocenters. The summed E-state index contributed by atoms with van der Waals surface area (Å²) >= 11 is 0. The maximum absolute atomic E-state index is 12.7. The first kappa shape index (κ1) is 15.3. The number of nitrogens with zero attached hydrogens (tertiary/aromatic N) is 1. The molecule has 0 bridgehead atoms. The van der Waals surface area contributed by atoms with Gasteiger partial charge in [0.25, 0.3) is 0 Å². The van der Waals surface area contributed by atoms with Crippen molar-refractivity contribution in [2.24, 2.45) is 17.6 Å². The highest BCUT2D eigenvalue weighted by Gasteiger charge is 2.38. The van der Waals surface area contributed by atoms with Crippen molar-refractivity contribution in [3.8, 4) is 0 Å². The lowest BCUT2D eigenvalue weighted by atomic mass is 9.78. The van der Waals surface area contributed by atoms with Crippen molar-refractivity contribution in [3.05, 3.63) is 0 Å². The molecular formula is C15H27N3O2. The molecule has 114 valence electrons. The third kappa shape index (κ3) is 3.14. The number of carbonyl (C=O) groups excluding carboxylic acids is 2. The summed E-state index contributed by atoms with van der Waals surface area (Å²) in [6, 6.07) is -0.0375. The molecule has 5 nitrogen and oxygen atoms in total. The van der Waals surface area contributed by atoms with E-state index in [1.54, 1.807) is 11.9 Å². The second-order valence-corrected chi connectivity index (χ2v) is 6.28. The topological polar surface area (TPSA) is 75.4 Å². The summed E-state index contributed by atoms with van der Waals surface area (Å²) in [5.74, 6) is 0.447. The van der Waals surface area contributed by atoms with Crippen LogP contribution in [0.3, 0.4) is 0 Å². The van der Waals surface area contributed by atoms with Gasteiger partial charge in [0.1, 0.15) is 6.04 Å². The van der Waals surface area contributed by atoms with Crippen molar-refractivity contribution in [3.63, 3.8) is 0 Å². The van der Waals surface area contributed by atoms with Gasteiger partial charge in [-0.05, 0) is 38.0 Å². The highest BCUT2D eigenvalue weighted by Crippen LogP contribution is 2.32. The van der Waals surface area contributed by atoms with Gasteiger partial charge >= 0.3 is 0 Å². The van der Waals surface area contributed by atoms with E-state index in [-0.39, 0.29) is 29.8 Å². The lowest BCUT2D eigenvalue weighted by molar-refractivity contribution is -0.142. The number of nitrogens with one attached hydrogen (secondary N) is 1. The third-order valence-corrected chi connectivity index (χ3v) is 4.94. The number of nitrogens with two attached hydrogens (primary N) is 1. The molecule has 3 N–H and O–H groups in total. The molecule has 1 aliphatic carbocycles. The van der Waals surface area contributed by atoms with E-state index in [9.17, 15) is 9.59 Å². The molecule has 20 heavy (non-hydrogen) atoms. The molecule has 0 aromatic carbocycles.